The highest BCUT2D eigenvalue weighted by atomic mass is 16.4. The molecule has 1 saturated heterocycles. The molecule has 0 spiro atoms. The summed E-state index contributed by atoms with van der Waals surface area (Å²) in [4.78, 5) is 26.8. The molecule has 0 aromatic heterocycles. The Kier molecular flexibility index (Phi) is 5.84. The Morgan fingerprint density at radius 3 is 2.83 bits per heavy atom. The zero-order valence-corrected chi connectivity index (χ0v) is 13.8. The van der Waals surface area contributed by atoms with Gasteiger partial charge in [-0.3, -0.25) is 4.79 Å². The van der Waals surface area contributed by atoms with Crippen LogP contribution in [0.2, 0.25) is 0 Å². The van der Waals surface area contributed by atoms with Crippen molar-refractivity contribution in [1.82, 2.24) is 10.2 Å². The van der Waals surface area contributed by atoms with E-state index in [9.17, 15) is 9.59 Å². The van der Waals surface area contributed by atoms with Crippen LogP contribution in [0.25, 0.3) is 0 Å². The Labute approximate surface area is 137 Å². The molecule has 1 unspecified atom stereocenters. The molecule has 0 aliphatic carbocycles. The molecule has 2 amide bonds. The average molecular weight is 319 g/mol. The Balaban J connectivity index is 1.79. The molecule has 2 N–H and O–H groups in total. The number of urea groups is 1. The zero-order chi connectivity index (χ0) is 16.8. The van der Waals surface area contributed by atoms with E-state index in [0.29, 0.717) is 26.1 Å². The van der Waals surface area contributed by atoms with Gasteiger partial charge in [-0.05, 0) is 38.0 Å². The lowest BCUT2D eigenvalue weighted by Gasteiger charge is -2.24. The van der Waals surface area contributed by atoms with Crippen molar-refractivity contribution >= 4 is 17.7 Å². The highest BCUT2D eigenvalue weighted by Gasteiger charge is 2.30. The Morgan fingerprint density at radius 2 is 2.22 bits per heavy atom. The van der Waals surface area contributed by atoms with Crippen molar-refractivity contribution in [1.29, 1.82) is 0 Å². The second-order valence-corrected chi connectivity index (χ2v) is 5.92. The molecule has 1 aliphatic rings. The van der Waals surface area contributed by atoms with Gasteiger partial charge in [0.05, 0.1) is 5.92 Å². The molecule has 0 saturated carbocycles. The first-order valence-electron chi connectivity index (χ1n) is 8.08. The number of hydrogen-bond acceptors (Lipinski definition) is 3. The normalized spacial score (nSPS) is 17.1. The molecule has 6 nitrogen and oxygen atoms in total. The van der Waals surface area contributed by atoms with Crippen molar-refractivity contribution in [3.05, 3.63) is 29.8 Å². The second kappa shape index (κ2) is 7.85. The average Bonchev–Trinajstić information content (AvgIpc) is 3.01. The molecule has 1 aromatic rings. The topological polar surface area (TPSA) is 72.9 Å². The fourth-order valence-corrected chi connectivity index (χ4v) is 2.85. The molecule has 126 valence electrons. The Morgan fingerprint density at radius 1 is 1.43 bits per heavy atom. The maximum Gasteiger partial charge on any atom is 0.317 e. The van der Waals surface area contributed by atoms with Gasteiger partial charge in [-0.25, -0.2) is 4.79 Å². The van der Waals surface area contributed by atoms with Crippen LogP contribution in [0.4, 0.5) is 10.5 Å². The van der Waals surface area contributed by atoms with Crippen molar-refractivity contribution in [2.24, 2.45) is 5.92 Å². The highest BCUT2D eigenvalue weighted by molar-refractivity contribution is 5.77. The van der Waals surface area contributed by atoms with E-state index in [1.54, 1.807) is 4.90 Å². The van der Waals surface area contributed by atoms with Gasteiger partial charge in [0.25, 0.3) is 0 Å². The fraction of sp³-hybridized carbons (Fsp3) is 0.529. The van der Waals surface area contributed by atoms with Crippen molar-refractivity contribution in [3.63, 3.8) is 0 Å². The number of carboxylic acid groups (broad SMARTS) is 1. The van der Waals surface area contributed by atoms with Gasteiger partial charge in [-0.2, -0.15) is 0 Å². The van der Waals surface area contributed by atoms with Gasteiger partial charge in [0, 0.05) is 38.4 Å². The van der Waals surface area contributed by atoms with E-state index in [4.69, 9.17) is 5.11 Å². The van der Waals surface area contributed by atoms with Gasteiger partial charge in [0.2, 0.25) is 0 Å². The van der Waals surface area contributed by atoms with E-state index in [2.05, 4.69) is 42.3 Å². The number of likely N-dealkylation sites (tertiary alicyclic amines) is 1. The molecule has 1 aliphatic heterocycles. The lowest BCUT2D eigenvalue weighted by atomic mass is 10.1. The number of amides is 2. The van der Waals surface area contributed by atoms with Crippen LogP contribution in [0.5, 0.6) is 0 Å². The highest BCUT2D eigenvalue weighted by Crippen LogP contribution is 2.17. The third-order valence-electron chi connectivity index (χ3n) is 4.23. The maximum atomic E-state index is 12.1. The van der Waals surface area contributed by atoms with Crippen LogP contribution in [-0.4, -0.2) is 54.7 Å². The quantitative estimate of drug-likeness (QED) is 0.840. The molecule has 1 heterocycles. The summed E-state index contributed by atoms with van der Waals surface area (Å²) in [5.41, 5.74) is 2.36. The molecule has 2 rings (SSSR count). The van der Waals surface area contributed by atoms with Crippen LogP contribution >= 0.6 is 0 Å². The first-order valence-corrected chi connectivity index (χ1v) is 8.08. The first kappa shape index (κ1) is 17.1. The second-order valence-electron chi connectivity index (χ2n) is 5.92. The maximum absolute atomic E-state index is 12.1. The molecule has 1 fully saturated rings. The van der Waals surface area contributed by atoms with E-state index in [1.165, 1.54) is 5.56 Å². The van der Waals surface area contributed by atoms with Crippen LogP contribution < -0.4 is 10.2 Å². The zero-order valence-electron chi connectivity index (χ0n) is 13.8. The summed E-state index contributed by atoms with van der Waals surface area (Å²) < 4.78 is 0. The molecule has 1 aromatic carbocycles. The number of carbonyl (C=O) groups excluding carboxylic acids is 1. The molecule has 0 radical (unpaired) electrons. The number of nitrogens with zero attached hydrogens (tertiary/aromatic N) is 2. The third-order valence-corrected chi connectivity index (χ3v) is 4.23. The summed E-state index contributed by atoms with van der Waals surface area (Å²) in [7, 11) is 0. The third kappa shape index (κ3) is 4.61. The van der Waals surface area contributed by atoms with E-state index in [0.717, 1.165) is 18.8 Å². The Bertz CT molecular complexity index is 562. The first-order chi connectivity index (χ1) is 11.0. The summed E-state index contributed by atoms with van der Waals surface area (Å²) in [5.74, 6) is -1.25. The Hall–Kier alpha value is -2.24. The van der Waals surface area contributed by atoms with E-state index in [-0.39, 0.29) is 6.03 Å². The summed E-state index contributed by atoms with van der Waals surface area (Å²) in [6, 6.07) is 8.11. The number of hydrogen-bond donors (Lipinski definition) is 2. The molecule has 1 atom stereocenters. The van der Waals surface area contributed by atoms with Crippen LogP contribution in [0.3, 0.4) is 0 Å². The lowest BCUT2D eigenvalue weighted by molar-refractivity contribution is -0.141. The van der Waals surface area contributed by atoms with Crippen LogP contribution in [-0.2, 0) is 4.79 Å². The molecule has 0 bridgehead atoms. The summed E-state index contributed by atoms with van der Waals surface area (Å²) in [6.07, 6.45) is 0.535. The minimum absolute atomic E-state index is 0.172. The monoisotopic (exact) mass is 319 g/mol. The van der Waals surface area contributed by atoms with Crippen LogP contribution in [0, 0.1) is 12.8 Å². The van der Waals surface area contributed by atoms with Crippen molar-refractivity contribution in [2.45, 2.75) is 20.3 Å². The standard InChI is InChI=1S/C17H25N3O3/c1-3-19(15-6-4-5-13(2)11-15)10-8-18-17(23)20-9-7-14(12-20)16(21)22/h4-6,11,14H,3,7-10,12H2,1-2H3,(H,18,23)(H,21,22). The molecular formula is C17H25N3O3. The van der Waals surface area contributed by atoms with Crippen molar-refractivity contribution < 1.29 is 14.7 Å². The summed E-state index contributed by atoms with van der Waals surface area (Å²) in [5, 5.41) is 11.9. The number of nitrogens with one attached hydrogen (secondary N) is 1. The number of carboxylic acids is 1. The number of rotatable bonds is 6. The minimum Gasteiger partial charge on any atom is -0.481 e. The lowest BCUT2D eigenvalue weighted by Crippen LogP contribution is -2.42. The summed E-state index contributed by atoms with van der Waals surface area (Å²) in [6.45, 7) is 7.09. The number of benzene rings is 1. The van der Waals surface area contributed by atoms with Gasteiger partial charge >= 0.3 is 12.0 Å². The van der Waals surface area contributed by atoms with Crippen LogP contribution in [0.1, 0.15) is 18.9 Å². The van der Waals surface area contributed by atoms with Crippen LogP contribution in [0.15, 0.2) is 24.3 Å². The SMILES string of the molecule is CCN(CCNC(=O)N1CCC(C(=O)O)C1)c1cccc(C)c1. The molecule has 23 heavy (non-hydrogen) atoms. The fourth-order valence-electron chi connectivity index (χ4n) is 2.85. The van der Waals surface area contributed by atoms with Crippen molar-refractivity contribution in [3.8, 4) is 0 Å². The predicted octanol–water partition coefficient (Wildman–Crippen LogP) is 1.94. The minimum atomic E-state index is -0.822. The number of anilines is 1. The predicted molar refractivity (Wildman–Crippen MR) is 89.8 cm³/mol. The van der Waals surface area contributed by atoms with Gasteiger partial charge in [0.15, 0.2) is 0 Å². The van der Waals surface area contributed by atoms with Gasteiger partial charge in [-0.1, -0.05) is 12.1 Å². The largest absolute Gasteiger partial charge is 0.481 e. The van der Waals surface area contributed by atoms with E-state index >= 15 is 0 Å². The smallest absolute Gasteiger partial charge is 0.317 e. The van der Waals surface area contributed by atoms with Gasteiger partial charge in [-0.15, -0.1) is 0 Å². The molecular weight excluding hydrogens is 294 g/mol. The van der Waals surface area contributed by atoms with E-state index in [1.807, 2.05) is 6.07 Å². The summed E-state index contributed by atoms with van der Waals surface area (Å²) >= 11 is 0. The van der Waals surface area contributed by atoms with Gasteiger partial charge < -0.3 is 20.2 Å². The number of aryl methyl sites for hydroxylation is 1. The molecule has 6 heteroatoms. The van der Waals surface area contributed by atoms with Crippen molar-refractivity contribution in [2.75, 3.05) is 37.6 Å². The van der Waals surface area contributed by atoms with Gasteiger partial charge in [0.1, 0.15) is 0 Å². The number of aliphatic carboxylic acids is 1. The number of carbonyl (C=O) groups is 2. The number of likely N-dealkylation sites (N-methyl/N-ethyl adjacent to an activating group) is 1. The van der Waals surface area contributed by atoms with E-state index < -0.39 is 11.9 Å².